The second kappa shape index (κ2) is 7.03. The maximum atomic E-state index is 5.33. The lowest BCUT2D eigenvalue weighted by Crippen LogP contribution is -2.24. The summed E-state index contributed by atoms with van der Waals surface area (Å²) < 4.78 is 0. The standard InChI is InChI=1S/C8H19NO/c1-4-7-8-9(5-2)10-6-3/h4-8H2,1-3H3. The lowest BCUT2D eigenvalue weighted by molar-refractivity contribution is -0.151. The fourth-order valence-corrected chi connectivity index (χ4v) is 0.831. The molecule has 0 aliphatic carbocycles. The van der Waals surface area contributed by atoms with Crippen LogP contribution in [0.1, 0.15) is 33.6 Å². The van der Waals surface area contributed by atoms with Crippen molar-refractivity contribution in [2.45, 2.75) is 33.6 Å². The van der Waals surface area contributed by atoms with E-state index in [-0.39, 0.29) is 0 Å². The van der Waals surface area contributed by atoms with Gasteiger partial charge in [0.1, 0.15) is 0 Å². The molecule has 0 aromatic heterocycles. The molecule has 0 aliphatic rings. The quantitative estimate of drug-likeness (QED) is 0.530. The van der Waals surface area contributed by atoms with Gasteiger partial charge >= 0.3 is 0 Å². The van der Waals surface area contributed by atoms with E-state index >= 15 is 0 Å². The lowest BCUT2D eigenvalue weighted by Gasteiger charge is -2.18. The molecule has 0 amide bonds. The first-order valence-corrected chi connectivity index (χ1v) is 4.23. The second-order valence-electron chi connectivity index (χ2n) is 2.29. The van der Waals surface area contributed by atoms with Crippen molar-refractivity contribution in [3.8, 4) is 0 Å². The molecule has 0 rings (SSSR count). The van der Waals surface area contributed by atoms with E-state index in [1.54, 1.807) is 0 Å². The molecule has 0 spiro atoms. The highest BCUT2D eigenvalue weighted by Gasteiger charge is 1.97. The summed E-state index contributed by atoms with van der Waals surface area (Å²) in [5.74, 6) is 0. The van der Waals surface area contributed by atoms with Crippen molar-refractivity contribution in [2.75, 3.05) is 19.7 Å². The van der Waals surface area contributed by atoms with Crippen LogP contribution in [0, 0.1) is 0 Å². The van der Waals surface area contributed by atoms with Gasteiger partial charge in [-0.1, -0.05) is 20.3 Å². The smallest absolute Gasteiger partial charge is 0.0656 e. The van der Waals surface area contributed by atoms with Crippen LogP contribution < -0.4 is 0 Å². The Bertz CT molecular complexity index is 66.3. The van der Waals surface area contributed by atoms with Gasteiger partial charge in [-0.2, -0.15) is 5.06 Å². The number of hydroxylamine groups is 2. The normalized spacial score (nSPS) is 10.8. The SMILES string of the molecule is CCCCN(CC)OCC. The van der Waals surface area contributed by atoms with Crippen molar-refractivity contribution in [3.63, 3.8) is 0 Å². The molecule has 0 aliphatic heterocycles. The largest absolute Gasteiger partial charge is 0.299 e. The van der Waals surface area contributed by atoms with Gasteiger partial charge in [-0.05, 0) is 13.3 Å². The van der Waals surface area contributed by atoms with Crippen molar-refractivity contribution < 1.29 is 4.84 Å². The summed E-state index contributed by atoms with van der Waals surface area (Å²) >= 11 is 0. The highest BCUT2D eigenvalue weighted by molar-refractivity contribution is 4.41. The van der Waals surface area contributed by atoms with Crippen LogP contribution >= 0.6 is 0 Å². The molecule has 0 atom stereocenters. The van der Waals surface area contributed by atoms with Crippen molar-refractivity contribution in [1.29, 1.82) is 0 Å². The molecule has 0 N–H and O–H groups in total. The van der Waals surface area contributed by atoms with Gasteiger partial charge in [0.25, 0.3) is 0 Å². The average Bonchev–Trinajstić information content (AvgIpc) is 1.98. The zero-order chi connectivity index (χ0) is 7.82. The van der Waals surface area contributed by atoms with E-state index < -0.39 is 0 Å². The van der Waals surface area contributed by atoms with E-state index in [1.807, 2.05) is 12.0 Å². The van der Waals surface area contributed by atoms with Crippen molar-refractivity contribution in [1.82, 2.24) is 5.06 Å². The Hall–Kier alpha value is -0.0800. The summed E-state index contributed by atoms with van der Waals surface area (Å²) in [5, 5.41) is 2.02. The molecule has 0 radical (unpaired) electrons. The summed E-state index contributed by atoms with van der Waals surface area (Å²) in [6.45, 7) is 9.19. The molecule has 0 saturated heterocycles. The molecule has 62 valence electrons. The fraction of sp³-hybridized carbons (Fsp3) is 1.00. The fourth-order valence-electron chi connectivity index (χ4n) is 0.831. The van der Waals surface area contributed by atoms with E-state index in [4.69, 9.17) is 4.84 Å². The predicted octanol–water partition coefficient (Wildman–Crippen LogP) is 2.06. The Morgan fingerprint density at radius 2 is 1.90 bits per heavy atom. The van der Waals surface area contributed by atoms with Crippen molar-refractivity contribution in [2.24, 2.45) is 0 Å². The summed E-state index contributed by atoms with van der Waals surface area (Å²) in [6.07, 6.45) is 2.47. The van der Waals surface area contributed by atoms with E-state index in [1.165, 1.54) is 12.8 Å². The zero-order valence-corrected chi connectivity index (χ0v) is 7.39. The first-order chi connectivity index (χ1) is 4.85. The van der Waals surface area contributed by atoms with Crippen LogP contribution in [0.4, 0.5) is 0 Å². The minimum Gasteiger partial charge on any atom is -0.299 e. The minimum atomic E-state index is 0.789. The van der Waals surface area contributed by atoms with E-state index in [0.717, 1.165) is 19.7 Å². The summed E-state index contributed by atoms with van der Waals surface area (Å²) in [5.41, 5.74) is 0. The molecule has 0 bridgehead atoms. The maximum absolute atomic E-state index is 5.33. The summed E-state index contributed by atoms with van der Waals surface area (Å²) in [6, 6.07) is 0. The third-order valence-corrected chi connectivity index (χ3v) is 1.43. The van der Waals surface area contributed by atoms with Gasteiger partial charge in [0.15, 0.2) is 0 Å². The Morgan fingerprint density at radius 1 is 1.20 bits per heavy atom. The van der Waals surface area contributed by atoms with Crippen LogP contribution in [0.3, 0.4) is 0 Å². The topological polar surface area (TPSA) is 12.5 Å². The maximum Gasteiger partial charge on any atom is 0.0656 e. The monoisotopic (exact) mass is 145 g/mol. The van der Waals surface area contributed by atoms with Crippen LogP contribution in [0.2, 0.25) is 0 Å². The Balaban J connectivity index is 3.21. The van der Waals surface area contributed by atoms with Crippen LogP contribution in [-0.4, -0.2) is 24.8 Å². The van der Waals surface area contributed by atoms with Gasteiger partial charge in [-0.15, -0.1) is 0 Å². The van der Waals surface area contributed by atoms with E-state index in [9.17, 15) is 0 Å². The third kappa shape index (κ3) is 4.77. The van der Waals surface area contributed by atoms with Crippen LogP contribution in [0.25, 0.3) is 0 Å². The molecule has 0 fully saturated rings. The lowest BCUT2D eigenvalue weighted by atomic mass is 10.3. The van der Waals surface area contributed by atoms with Crippen molar-refractivity contribution in [3.05, 3.63) is 0 Å². The van der Waals surface area contributed by atoms with E-state index in [0.29, 0.717) is 0 Å². The van der Waals surface area contributed by atoms with E-state index in [2.05, 4.69) is 13.8 Å². The predicted molar refractivity (Wildman–Crippen MR) is 43.8 cm³/mol. The minimum absolute atomic E-state index is 0.789. The van der Waals surface area contributed by atoms with Crippen molar-refractivity contribution >= 4 is 0 Å². The van der Waals surface area contributed by atoms with Gasteiger partial charge in [-0.25, -0.2) is 0 Å². The molecule has 0 unspecified atom stereocenters. The molecule has 2 nitrogen and oxygen atoms in total. The number of nitrogens with zero attached hydrogens (tertiary/aromatic N) is 1. The highest BCUT2D eigenvalue weighted by atomic mass is 16.7. The molecular formula is C8H19NO. The molecule has 0 aromatic carbocycles. The van der Waals surface area contributed by atoms with Gasteiger partial charge in [-0.3, -0.25) is 4.84 Å². The highest BCUT2D eigenvalue weighted by Crippen LogP contribution is 1.94. The average molecular weight is 145 g/mol. The number of hydrogen-bond donors (Lipinski definition) is 0. The van der Waals surface area contributed by atoms with Gasteiger partial charge < -0.3 is 0 Å². The molecule has 0 heterocycles. The van der Waals surface area contributed by atoms with Crippen LogP contribution in [0.15, 0.2) is 0 Å². The van der Waals surface area contributed by atoms with Crippen LogP contribution in [0.5, 0.6) is 0 Å². The van der Waals surface area contributed by atoms with Gasteiger partial charge in [0, 0.05) is 13.1 Å². The Labute approximate surface area is 64.1 Å². The van der Waals surface area contributed by atoms with Gasteiger partial charge in [0.2, 0.25) is 0 Å². The number of hydrogen-bond acceptors (Lipinski definition) is 2. The zero-order valence-electron chi connectivity index (χ0n) is 7.39. The first-order valence-electron chi connectivity index (χ1n) is 4.23. The summed E-state index contributed by atoms with van der Waals surface area (Å²) in [7, 11) is 0. The van der Waals surface area contributed by atoms with Crippen LogP contribution in [-0.2, 0) is 4.84 Å². The third-order valence-electron chi connectivity index (χ3n) is 1.43. The van der Waals surface area contributed by atoms with Gasteiger partial charge in [0.05, 0.1) is 6.61 Å². The Kier molecular flexibility index (Phi) is 6.98. The molecule has 2 heteroatoms. The Morgan fingerprint density at radius 3 is 2.30 bits per heavy atom. The molecule has 10 heavy (non-hydrogen) atoms. The first kappa shape index (κ1) is 9.92. The molecular weight excluding hydrogens is 126 g/mol. The molecule has 0 aromatic rings. The number of rotatable bonds is 6. The summed E-state index contributed by atoms with van der Waals surface area (Å²) in [4.78, 5) is 5.33. The molecule has 0 saturated carbocycles. The number of unbranched alkanes of at least 4 members (excludes halogenated alkanes) is 1. The second-order valence-corrected chi connectivity index (χ2v) is 2.29.